The normalized spacial score (nSPS) is 14.8. The van der Waals surface area contributed by atoms with Crippen molar-refractivity contribution in [3.63, 3.8) is 0 Å². The van der Waals surface area contributed by atoms with Gasteiger partial charge in [0.1, 0.15) is 0 Å². The van der Waals surface area contributed by atoms with Crippen LogP contribution in [0, 0.1) is 12.8 Å². The first-order chi connectivity index (χ1) is 11.8. The molecule has 1 aliphatic rings. The molecule has 0 aromatic heterocycles. The molecule has 0 atom stereocenters. The smallest absolute Gasteiger partial charge is 0.253 e. The molecule has 0 heterocycles. The van der Waals surface area contributed by atoms with Gasteiger partial charge in [-0.15, -0.1) is 0 Å². The molecule has 1 aliphatic carbocycles. The van der Waals surface area contributed by atoms with Gasteiger partial charge in [-0.1, -0.05) is 26.8 Å². The summed E-state index contributed by atoms with van der Waals surface area (Å²) in [6.45, 7) is 9.80. The van der Waals surface area contributed by atoms with E-state index in [-0.39, 0.29) is 10.8 Å². The monoisotopic (exact) mass is 366 g/mol. The molecule has 0 saturated heterocycles. The lowest BCUT2D eigenvalue weighted by Crippen LogP contribution is -2.34. The molecule has 2 rings (SSSR count). The zero-order valence-electron chi connectivity index (χ0n) is 15.8. The van der Waals surface area contributed by atoms with Crippen molar-refractivity contribution in [2.24, 2.45) is 5.92 Å². The second kappa shape index (κ2) is 8.32. The standard InChI is InChI=1S/C19H30N2O3S/c1-5-12-20(14-16-9-10-16)19(22)17-11-8-15(4)18(13-17)25(23,24)21(6-2)7-3/h8,11,13,16H,5-7,9-10,12,14H2,1-4H3. The Morgan fingerprint density at radius 2 is 1.80 bits per heavy atom. The topological polar surface area (TPSA) is 57.7 Å². The van der Waals surface area contributed by atoms with Crippen LogP contribution in [0.5, 0.6) is 0 Å². The van der Waals surface area contributed by atoms with Crippen molar-refractivity contribution < 1.29 is 13.2 Å². The largest absolute Gasteiger partial charge is 0.338 e. The molecule has 140 valence electrons. The Balaban J connectivity index is 2.35. The van der Waals surface area contributed by atoms with Crippen LogP contribution in [-0.2, 0) is 10.0 Å². The fourth-order valence-corrected chi connectivity index (χ4v) is 4.76. The summed E-state index contributed by atoms with van der Waals surface area (Å²) in [7, 11) is -3.57. The maximum absolute atomic E-state index is 12.9. The second-order valence-corrected chi connectivity index (χ2v) is 8.67. The lowest BCUT2D eigenvalue weighted by atomic mass is 10.1. The number of aryl methyl sites for hydroxylation is 1. The van der Waals surface area contributed by atoms with E-state index >= 15 is 0 Å². The zero-order valence-corrected chi connectivity index (χ0v) is 16.6. The first-order valence-corrected chi connectivity index (χ1v) is 10.7. The van der Waals surface area contributed by atoms with Gasteiger partial charge >= 0.3 is 0 Å². The van der Waals surface area contributed by atoms with Crippen molar-refractivity contribution >= 4 is 15.9 Å². The van der Waals surface area contributed by atoms with Crippen LogP contribution >= 0.6 is 0 Å². The fraction of sp³-hybridized carbons (Fsp3) is 0.632. The Hall–Kier alpha value is -1.40. The Morgan fingerprint density at radius 3 is 2.32 bits per heavy atom. The van der Waals surface area contributed by atoms with Crippen LogP contribution in [0.1, 0.15) is 56.0 Å². The molecule has 1 amide bonds. The van der Waals surface area contributed by atoms with Gasteiger partial charge in [-0.05, 0) is 49.8 Å². The van der Waals surface area contributed by atoms with Gasteiger partial charge in [-0.2, -0.15) is 4.31 Å². The predicted octanol–water partition coefficient (Wildman–Crippen LogP) is 3.29. The highest BCUT2D eigenvalue weighted by Crippen LogP contribution is 2.30. The third-order valence-electron chi connectivity index (χ3n) is 4.71. The Labute approximate surface area is 152 Å². The zero-order chi connectivity index (χ0) is 18.6. The van der Waals surface area contributed by atoms with Gasteiger partial charge in [0.25, 0.3) is 5.91 Å². The molecule has 0 bridgehead atoms. The van der Waals surface area contributed by atoms with Crippen LogP contribution in [0.2, 0.25) is 0 Å². The summed E-state index contributed by atoms with van der Waals surface area (Å²) in [5, 5.41) is 0. The van der Waals surface area contributed by atoms with Crippen LogP contribution < -0.4 is 0 Å². The molecule has 0 unspecified atom stereocenters. The molecule has 0 N–H and O–H groups in total. The highest BCUT2D eigenvalue weighted by atomic mass is 32.2. The molecule has 0 aliphatic heterocycles. The van der Waals surface area contributed by atoms with Crippen molar-refractivity contribution in [3.8, 4) is 0 Å². The first kappa shape index (κ1) is 19.9. The van der Waals surface area contributed by atoms with Crippen LogP contribution in [0.25, 0.3) is 0 Å². The number of benzene rings is 1. The Morgan fingerprint density at radius 1 is 1.16 bits per heavy atom. The summed E-state index contributed by atoms with van der Waals surface area (Å²) in [5.41, 5.74) is 1.14. The van der Waals surface area contributed by atoms with E-state index in [2.05, 4.69) is 6.92 Å². The number of sulfonamides is 1. The average Bonchev–Trinajstić information content (AvgIpc) is 3.39. The molecule has 6 heteroatoms. The van der Waals surface area contributed by atoms with Crippen molar-refractivity contribution in [2.75, 3.05) is 26.2 Å². The van der Waals surface area contributed by atoms with Gasteiger partial charge in [0.15, 0.2) is 0 Å². The number of amides is 1. The summed E-state index contributed by atoms with van der Waals surface area (Å²) in [5.74, 6) is 0.546. The minimum atomic E-state index is -3.57. The SMILES string of the molecule is CCCN(CC1CC1)C(=O)c1ccc(C)c(S(=O)(=O)N(CC)CC)c1. The minimum absolute atomic E-state index is 0.0650. The van der Waals surface area contributed by atoms with E-state index in [1.165, 1.54) is 17.1 Å². The van der Waals surface area contributed by atoms with Gasteiger partial charge in [0.05, 0.1) is 4.90 Å². The fourth-order valence-electron chi connectivity index (χ4n) is 3.05. The molecule has 5 nitrogen and oxygen atoms in total. The van der Waals surface area contributed by atoms with Crippen LogP contribution in [0.3, 0.4) is 0 Å². The predicted molar refractivity (Wildman–Crippen MR) is 100 cm³/mol. The number of carbonyl (C=O) groups is 1. The number of nitrogens with zero attached hydrogens (tertiary/aromatic N) is 2. The average molecular weight is 367 g/mol. The molecule has 25 heavy (non-hydrogen) atoms. The van der Waals surface area contributed by atoms with Crippen LogP contribution in [0.4, 0.5) is 0 Å². The highest BCUT2D eigenvalue weighted by Gasteiger charge is 2.29. The van der Waals surface area contributed by atoms with E-state index in [9.17, 15) is 13.2 Å². The van der Waals surface area contributed by atoms with Gasteiger partial charge in [0.2, 0.25) is 10.0 Å². The maximum Gasteiger partial charge on any atom is 0.253 e. The maximum atomic E-state index is 12.9. The van der Waals surface area contributed by atoms with Crippen molar-refractivity contribution in [1.29, 1.82) is 0 Å². The highest BCUT2D eigenvalue weighted by molar-refractivity contribution is 7.89. The molecule has 1 fully saturated rings. The molecule has 1 saturated carbocycles. The van der Waals surface area contributed by atoms with E-state index in [0.29, 0.717) is 36.7 Å². The lowest BCUT2D eigenvalue weighted by Gasteiger charge is -2.24. The molecular formula is C19H30N2O3S. The summed E-state index contributed by atoms with van der Waals surface area (Å²) < 4.78 is 27.2. The van der Waals surface area contributed by atoms with Crippen molar-refractivity contribution in [1.82, 2.24) is 9.21 Å². The number of carbonyl (C=O) groups excluding carboxylic acids is 1. The van der Waals surface area contributed by atoms with Gasteiger partial charge in [-0.25, -0.2) is 8.42 Å². The third kappa shape index (κ3) is 4.61. The lowest BCUT2D eigenvalue weighted by molar-refractivity contribution is 0.0747. The Bertz CT molecular complexity index is 707. The third-order valence-corrected chi connectivity index (χ3v) is 6.91. The van der Waals surface area contributed by atoms with E-state index in [0.717, 1.165) is 13.0 Å². The van der Waals surface area contributed by atoms with E-state index < -0.39 is 10.0 Å². The summed E-state index contributed by atoms with van der Waals surface area (Å²) >= 11 is 0. The summed E-state index contributed by atoms with van der Waals surface area (Å²) in [4.78, 5) is 15.0. The second-order valence-electron chi connectivity index (χ2n) is 6.76. The summed E-state index contributed by atoms with van der Waals surface area (Å²) in [6, 6.07) is 5.04. The van der Waals surface area contributed by atoms with Gasteiger partial charge < -0.3 is 4.90 Å². The van der Waals surface area contributed by atoms with Crippen LogP contribution in [-0.4, -0.2) is 49.7 Å². The minimum Gasteiger partial charge on any atom is -0.338 e. The first-order valence-electron chi connectivity index (χ1n) is 9.25. The van der Waals surface area contributed by atoms with E-state index in [1.54, 1.807) is 25.1 Å². The Kier molecular flexibility index (Phi) is 6.63. The number of hydrogen-bond donors (Lipinski definition) is 0. The van der Waals surface area contributed by atoms with Gasteiger partial charge in [-0.3, -0.25) is 4.79 Å². The molecule has 0 radical (unpaired) electrons. The number of rotatable bonds is 9. The van der Waals surface area contributed by atoms with E-state index in [4.69, 9.17) is 0 Å². The molecular weight excluding hydrogens is 336 g/mol. The van der Waals surface area contributed by atoms with Crippen molar-refractivity contribution in [2.45, 2.75) is 51.9 Å². The van der Waals surface area contributed by atoms with Crippen LogP contribution in [0.15, 0.2) is 23.1 Å². The number of hydrogen-bond acceptors (Lipinski definition) is 3. The quantitative estimate of drug-likeness (QED) is 0.674. The molecule has 1 aromatic rings. The van der Waals surface area contributed by atoms with Crippen molar-refractivity contribution in [3.05, 3.63) is 29.3 Å². The van der Waals surface area contributed by atoms with E-state index in [1.807, 2.05) is 18.7 Å². The molecule has 1 aromatic carbocycles. The van der Waals surface area contributed by atoms with Gasteiger partial charge in [0, 0.05) is 31.7 Å². The summed E-state index contributed by atoms with van der Waals surface area (Å²) in [6.07, 6.45) is 3.26. The molecule has 0 spiro atoms.